The van der Waals surface area contributed by atoms with Crippen molar-refractivity contribution in [3.63, 3.8) is 0 Å². The summed E-state index contributed by atoms with van der Waals surface area (Å²) in [6.07, 6.45) is 4.54. The molecule has 1 amide bonds. The van der Waals surface area contributed by atoms with E-state index >= 15 is 0 Å². The van der Waals surface area contributed by atoms with Gasteiger partial charge in [0.15, 0.2) is 0 Å². The molecule has 0 aliphatic carbocycles. The molecule has 1 saturated heterocycles. The number of amides is 1. The molecular formula is C10H19NOS. The minimum atomic E-state index is 0.492. The summed E-state index contributed by atoms with van der Waals surface area (Å²) >= 11 is 2.03. The number of carbonyl (C=O) groups excluding carboxylic acids is 1. The van der Waals surface area contributed by atoms with Crippen LogP contribution in [0.2, 0.25) is 0 Å². The van der Waals surface area contributed by atoms with Gasteiger partial charge in [-0.15, -0.1) is 0 Å². The van der Waals surface area contributed by atoms with E-state index in [1.807, 2.05) is 16.7 Å². The molecule has 1 aliphatic heterocycles. The molecule has 2 unspecified atom stereocenters. The van der Waals surface area contributed by atoms with E-state index in [0.717, 1.165) is 25.1 Å². The van der Waals surface area contributed by atoms with E-state index in [1.54, 1.807) is 0 Å². The summed E-state index contributed by atoms with van der Waals surface area (Å²) < 4.78 is 0. The monoisotopic (exact) mass is 201 g/mol. The predicted octanol–water partition coefficient (Wildman–Crippen LogP) is 2.14. The summed E-state index contributed by atoms with van der Waals surface area (Å²) in [5.74, 6) is 1.11. The van der Waals surface area contributed by atoms with Gasteiger partial charge in [-0.1, -0.05) is 20.3 Å². The average molecular weight is 201 g/mol. The van der Waals surface area contributed by atoms with Gasteiger partial charge in [0.2, 0.25) is 6.41 Å². The Hall–Kier alpha value is -0.180. The lowest BCUT2D eigenvalue weighted by atomic mass is 10.0. The van der Waals surface area contributed by atoms with E-state index in [9.17, 15) is 4.79 Å². The zero-order valence-corrected chi connectivity index (χ0v) is 9.35. The molecule has 2 nitrogen and oxygen atoms in total. The molecule has 0 bridgehead atoms. The molecule has 0 aromatic rings. The SMILES string of the molecule is CCCC1C(CC)SCCN1C=O. The van der Waals surface area contributed by atoms with Crippen molar-refractivity contribution >= 4 is 18.2 Å². The zero-order chi connectivity index (χ0) is 9.68. The maximum Gasteiger partial charge on any atom is 0.210 e. The number of thioether (sulfide) groups is 1. The predicted molar refractivity (Wildman–Crippen MR) is 58.0 cm³/mol. The van der Waals surface area contributed by atoms with Crippen LogP contribution in [0, 0.1) is 0 Å². The molecule has 0 N–H and O–H groups in total. The number of nitrogens with zero attached hydrogens (tertiary/aromatic N) is 1. The summed E-state index contributed by atoms with van der Waals surface area (Å²) in [5, 5.41) is 0.666. The quantitative estimate of drug-likeness (QED) is 0.650. The van der Waals surface area contributed by atoms with E-state index in [4.69, 9.17) is 0 Å². The summed E-state index contributed by atoms with van der Waals surface area (Å²) in [4.78, 5) is 12.8. The Kier molecular flexibility index (Phi) is 4.64. The summed E-state index contributed by atoms with van der Waals surface area (Å²) in [6.45, 7) is 5.35. The topological polar surface area (TPSA) is 20.3 Å². The number of carbonyl (C=O) groups is 1. The van der Waals surface area contributed by atoms with Crippen LogP contribution in [0.15, 0.2) is 0 Å². The van der Waals surface area contributed by atoms with Gasteiger partial charge in [0.25, 0.3) is 0 Å². The van der Waals surface area contributed by atoms with Crippen molar-refractivity contribution in [3.05, 3.63) is 0 Å². The highest BCUT2D eigenvalue weighted by atomic mass is 32.2. The molecule has 1 rings (SSSR count). The highest BCUT2D eigenvalue weighted by Gasteiger charge is 2.28. The average Bonchev–Trinajstić information content (AvgIpc) is 2.18. The summed E-state index contributed by atoms with van der Waals surface area (Å²) in [6, 6.07) is 0.492. The Morgan fingerprint density at radius 3 is 2.85 bits per heavy atom. The number of hydrogen-bond donors (Lipinski definition) is 0. The number of hydrogen-bond acceptors (Lipinski definition) is 2. The Morgan fingerprint density at radius 2 is 2.31 bits per heavy atom. The molecular weight excluding hydrogens is 182 g/mol. The highest BCUT2D eigenvalue weighted by Crippen LogP contribution is 2.28. The molecule has 76 valence electrons. The Morgan fingerprint density at radius 1 is 1.54 bits per heavy atom. The maximum atomic E-state index is 10.8. The summed E-state index contributed by atoms with van der Waals surface area (Å²) in [7, 11) is 0. The fraction of sp³-hybridized carbons (Fsp3) is 0.900. The third kappa shape index (κ3) is 2.63. The van der Waals surface area contributed by atoms with Crippen molar-refractivity contribution in [2.24, 2.45) is 0 Å². The van der Waals surface area contributed by atoms with Gasteiger partial charge in [0, 0.05) is 23.6 Å². The van der Waals surface area contributed by atoms with Gasteiger partial charge in [0.1, 0.15) is 0 Å². The maximum absolute atomic E-state index is 10.8. The lowest BCUT2D eigenvalue weighted by Gasteiger charge is -2.38. The van der Waals surface area contributed by atoms with Gasteiger partial charge in [-0.25, -0.2) is 0 Å². The van der Waals surface area contributed by atoms with Crippen molar-refractivity contribution in [2.75, 3.05) is 12.3 Å². The van der Waals surface area contributed by atoms with Crippen LogP contribution in [0.3, 0.4) is 0 Å². The molecule has 3 heteroatoms. The van der Waals surface area contributed by atoms with Crippen molar-refractivity contribution < 1.29 is 4.79 Å². The largest absolute Gasteiger partial charge is 0.340 e. The van der Waals surface area contributed by atoms with Crippen molar-refractivity contribution in [1.82, 2.24) is 4.90 Å². The Balaban J connectivity index is 2.58. The van der Waals surface area contributed by atoms with Crippen LogP contribution in [0.25, 0.3) is 0 Å². The standard InChI is InChI=1S/C10H19NOS/c1-3-5-9-10(4-2)13-7-6-11(9)8-12/h8-10H,3-7H2,1-2H3. The fourth-order valence-corrected chi connectivity index (χ4v) is 3.34. The number of rotatable bonds is 4. The van der Waals surface area contributed by atoms with E-state index in [0.29, 0.717) is 11.3 Å². The Labute approximate surface area is 85.1 Å². The molecule has 0 aromatic heterocycles. The highest BCUT2D eigenvalue weighted by molar-refractivity contribution is 8.00. The van der Waals surface area contributed by atoms with E-state index in [1.165, 1.54) is 12.8 Å². The van der Waals surface area contributed by atoms with Crippen molar-refractivity contribution in [1.29, 1.82) is 0 Å². The molecule has 13 heavy (non-hydrogen) atoms. The first kappa shape index (κ1) is 10.9. The summed E-state index contributed by atoms with van der Waals surface area (Å²) in [5.41, 5.74) is 0. The lowest BCUT2D eigenvalue weighted by Crippen LogP contribution is -2.46. The van der Waals surface area contributed by atoms with Crippen molar-refractivity contribution in [3.8, 4) is 0 Å². The normalized spacial score (nSPS) is 28.9. The van der Waals surface area contributed by atoms with Gasteiger partial charge in [-0.2, -0.15) is 11.8 Å². The van der Waals surface area contributed by atoms with Crippen LogP contribution >= 0.6 is 11.8 Å². The van der Waals surface area contributed by atoms with Gasteiger partial charge in [-0.05, 0) is 12.8 Å². The van der Waals surface area contributed by atoms with E-state index in [-0.39, 0.29) is 0 Å². The lowest BCUT2D eigenvalue weighted by molar-refractivity contribution is -0.120. The third-order valence-corrected chi connectivity index (χ3v) is 4.15. The van der Waals surface area contributed by atoms with E-state index in [2.05, 4.69) is 13.8 Å². The van der Waals surface area contributed by atoms with Gasteiger partial charge in [0.05, 0.1) is 0 Å². The van der Waals surface area contributed by atoms with Crippen molar-refractivity contribution in [2.45, 2.75) is 44.4 Å². The second-order valence-electron chi connectivity index (χ2n) is 3.52. The van der Waals surface area contributed by atoms with Gasteiger partial charge >= 0.3 is 0 Å². The first-order valence-corrected chi connectivity index (χ1v) is 6.21. The second-order valence-corrected chi connectivity index (χ2v) is 4.86. The third-order valence-electron chi connectivity index (χ3n) is 2.66. The Bertz CT molecular complexity index is 163. The first-order chi connectivity index (χ1) is 6.33. The fourth-order valence-electron chi connectivity index (χ4n) is 1.97. The molecule has 2 atom stereocenters. The van der Waals surface area contributed by atoms with Gasteiger partial charge < -0.3 is 4.90 Å². The minimum absolute atomic E-state index is 0.492. The molecule has 0 spiro atoms. The van der Waals surface area contributed by atoms with Crippen LogP contribution in [0.1, 0.15) is 33.1 Å². The second kappa shape index (κ2) is 5.53. The molecule has 0 saturated carbocycles. The zero-order valence-electron chi connectivity index (χ0n) is 8.53. The van der Waals surface area contributed by atoms with Crippen LogP contribution in [-0.4, -0.2) is 34.9 Å². The smallest absolute Gasteiger partial charge is 0.210 e. The molecule has 1 fully saturated rings. The van der Waals surface area contributed by atoms with E-state index < -0.39 is 0 Å². The molecule has 1 heterocycles. The van der Waals surface area contributed by atoms with Crippen LogP contribution < -0.4 is 0 Å². The molecule has 0 radical (unpaired) electrons. The minimum Gasteiger partial charge on any atom is -0.340 e. The molecule has 1 aliphatic rings. The van der Waals surface area contributed by atoms with Gasteiger partial charge in [-0.3, -0.25) is 4.79 Å². The van der Waals surface area contributed by atoms with Crippen LogP contribution in [0.4, 0.5) is 0 Å². The van der Waals surface area contributed by atoms with Crippen LogP contribution in [0.5, 0.6) is 0 Å². The van der Waals surface area contributed by atoms with Crippen LogP contribution in [-0.2, 0) is 4.79 Å². The first-order valence-electron chi connectivity index (χ1n) is 5.16. The molecule has 0 aromatic carbocycles.